The fourth-order valence-corrected chi connectivity index (χ4v) is 4.09. The highest BCUT2D eigenvalue weighted by molar-refractivity contribution is 7.89. The minimum Gasteiger partial charge on any atom is -0.317 e. The van der Waals surface area contributed by atoms with E-state index in [1.54, 1.807) is 10.4 Å². The van der Waals surface area contributed by atoms with Crippen LogP contribution in [-0.2, 0) is 10.0 Å². The number of rotatable bonds is 4. The van der Waals surface area contributed by atoms with E-state index in [0.717, 1.165) is 18.4 Å². The molecule has 4 nitrogen and oxygen atoms in total. The van der Waals surface area contributed by atoms with Crippen molar-refractivity contribution < 1.29 is 8.42 Å². The molecule has 0 spiro atoms. The molecule has 2 rings (SSSR count). The Morgan fingerprint density at radius 2 is 1.86 bits per heavy atom. The van der Waals surface area contributed by atoms with Gasteiger partial charge in [0.25, 0.3) is 0 Å². The normalized spacial score (nSPS) is 17.7. The lowest BCUT2D eigenvalue weighted by Crippen LogP contribution is -2.43. The van der Waals surface area contributed by atoms with Gasteiger partial charge in [-0.2, -0.15) is 4.31 Å². The summed E-state index contributed by atoms with van der Waals surface area (Å²) >= 11 is 0. The molecule has 1 saturated heterocycles. The zero-order valence-electron chi connectivity index (χ0n) is 12.9. The number of nitrogens with zero attached hydrogens (tertiary/aromatic N) is 1. The van der Waals surface area contributed by atoms with Crippen molar-refractivity contribution in [1.29, 1.82) is 0 Å². The molecular weight excluding hydrogens is 308 g/mol. The molecule has 0 saturated carbocycles. The van der Waals surface area contributed by atoms with Crippen molar-refractivity contribution in [2.45, 2.75) is 43.5 Å². The molecule has 1 heterocycles. The highest BCUT2D eigenvalue weighted by Gasteiger charge is 2.28. The molecule has 0 unspecified atom stereocenters. The van der Waals surface area contributed by atoms with Crippen LogP contribution < -0.4 is 5.32 Å². The molecular formula is C15H25ClN2O2S. The molecule has 0 aromatic heterocycles. The van der Waals surface area contributed by atoms with Gasteiger partial charge in [-0.3, -0.25) is 0 Å². The topological polar surface area (TPSA) is 49.4 Å². The average molecular weight is 333 g/mol. The number of hydrogen-bond acceptors (Lipinski definition) is 3. The maximum absolute atomic E-state index is 12.7. The van der Waals surface area contributed by atoms with Gasteiger partial charge >= 0.3 is 0 Å². The third kappa shape index (κ3) is 4.19. The van der Waals surface area contributed by atoms with Crippen LogP contribution in [0, 0.1) is 0 Å². The van der Waals surface area contributed by atoms with Crippen molar-refractivity contribution in [3.8, 4) is 0 Å². The van der Waals surface area contributed by atoms with Crippen LogP contribution in [0.25, 0.3) is 0 Å². The van der Waals surface area contributed by atoms with Crippen molar-refractivity contribution in [3.63, 3.8) is 0 Å². The summed E-state index contributed by atoms with van der Waals surface area (Å²) in [6, 6.07) is 7.76. The Bertz CT molecular complexity index is 553. The summed E-state index contributed by atoms with van der Waals surface area (Å²) in [4.78, 5) is 0.423. The van der Waals surface area contributed by atoms with Crippen molar-refractivity contribution in [1.82, 2.24) is 9.62 Å². The largest absolute Gasteiger partial charge is 0.317 e. The molecule has 0 bridgehead atoms. The van der Waals surface area contributed by atoms with Crippen LogP contribution in [0.3, 0.4) is 0 Å². The van der Waals surface area contributed by atoms with Gasteiger partial charge in [0.1, 0.15) is 0 Å². The average Bonchev–Trinajstić information content (AvgIpc) is 2.47. The summed E-state index contributed by atoms with van der Waals surface area (Å²) in [5, 5.41) is 3.22. The van der Waals surface area contributed by atoms with Crippen LogP contribution >= 0.6 is 12.4 Å². The van der Waals surface area contributed by atoms with Crippen LogP contribution in [0.4, 0.5) is 0 Å². The summed E-state index contributed by atoms with van der Waals surface area (Å²) in [6.07, 6.45) is 1.75. The third-order valence-corrected chi connectivity index (χ3v) is 5.92. The van der Waals surface area contributed by atoms with E-state index in [-0.39, 0.29) is 12.4 Å². The van der Waals surface area contributed by atoms with E-state index >= 15 is 0 Å². The number of hydrogen-bond donors (Lipinski definition) is 1. The van der Waals surface area contributed by atoms with Gasteiger partial charge in [-0.1, -0.05) is 26.0 Å². The SMILES string of the molecule is CNC1CCN(S(=O)(=O)c2cccc(C(C)C)c2)CC1.Cl. The molecule has 1 aromatic rings. The van der Waals surface area contributed by atoms with Crippen molar-refractivity contribution >= 4 is 22.4 Å². The molecule has 6 heteroatoms. The first-order valence-corrected chi connectivity index (χ1v) is 8.66. The highest BCUT2D eigenvalue weighted by atomic mass is 35.5. The van der Waals surface area contributed by atoms with E-state index in [2.05, 4.69) is 19.2 Å². The molecule has 1 aliphatic heterocycles. The third-order valence-electron chi connectivity index (χ3n) is 4.02. The Labute approximate surface area is 134 Å². The van der Waals surface area contributed by atoms with E-state index in [4.69, 9.17) is 0 Å². The van der Waals surface area contributed by atoms with E-state index in [0.29, 0.717) is 29.9 Å². The number of piperidine rings is 1. The Balaban J connectivity index is 0.00000220. The molecule has 1 aliphatic rings. The lowest BCUT2D eigenvalue weighted by atomic mass is 10.0. The zero-order valence-corrected chi connectivity index (χ0v) is 14.5. The van der Waals surface area contributed by atoms with E-state index in [9.17, 15) is 8.42 Å². The minimum atomic E-state index is -3.34. The number of nitrogens with one attached hydrogen (secondary N) is 1. The summed E-state index contributed by atoms with van der Waals surface area (Å²) < 4.78 is 26.9. The fraction of sp³-hybridized carbons (Fsp3) is 0.600. The van der Waals surface area contributed by atoms with Gasteiger partial charge in [-0.05, 0) is 43.5 Å². The first kappa shape index (κ1) is 18.4. The van der Waals surface area contributed by atoms with Crippen LogP contribution in [-0.4, -0.2) is 38.9 Å². The number of sulfonamides is 1. The van der Waals surface area contributed by atoms with Crippen LogP contribution in [0.15, 0.2) is 29.2 Å². The standard InChI is InChI=1S/C15H24N2O2S.ClH/c1-12(2)13-5-4-6-15(11-13)20(18,19)17-9-7-14(16-3)8-10-17;/h4-6,11-12,14,16H,7-10H2,1-3H3;1H. The second-order valence-corrected chi connectivity index (χ2v) is 7.63. The lowest BCUT2D eigenvalue weighted by Gasteiger charge is -2.31. The van der Waals surface area contributed by atoms with E-state index < -0.39 is 10.0 Å². The van der Waals surface area contributed by atoms with Gasteiger partial charge in [0.15, 0.2) is 0 Å². The monoisotopic (exact) mass is 332 g/mol. The van der Waals surface area contributed by atoms with Gasteiger partial charge in [0.05, 0.1) is 4.90 Å². The van der Waals surface area contributed by atoms with E-state index in [1.165, 1.54) is 0 Å². The molecule has 0 radical (unpaired) electrons. The second kappa shape index (κ2) is 7.58. The molecule has 0 aliphatic carbocycles. The summed E-state index contributed by atoms with van der Waals surface area (Å²) in [5.74, 6) is 0.333. The van der Waals surface area contributed by atoms with Gasteiger partial charge in [-0.25, -0.2) is 8.42 Å². The molecule has 0 atom stereocenters. The lowest BCUT2D eigenvalue weighted by molar-refractivity contribution is 0.298. The maximum atomic E-state index is 12.7. The van der Waals surface area contributed by atoms with Crippen LogP contribution in [0.1, 0.15) is 38.2 Å². The van der Waals surface area contributed by atoms with Gasteiger partial charge in [0.2, 0.25) is 10.0 Å². The molecule has 21 heavy (non-hydrogen) atoms. The Kier molecular flexibility index (Phi) is 6.66. The number of benzene rings is 1. The van der Waals surface area contributed by atoms with Gasteiger partial charge in [0, 0.05) is 19.1 Å². The van der Waals surface area contributed by atoms with Gasteiger partial charge < -0.3 is 5.32 Å². The van der Waals surface area contributed by atoms with Gasteiger partial charge in [-0.15, -0.1) is 12.4 Å². The molecule has 0 amide bonds. The Hall–Kier alpha value is -0.620. The maximum Gasteiger partial charge on any atom is 0.243 e. The first-order chi connectivity index (χ1) is 9.45. The van der Waals surface area contributed by atoms with Crippen molar-refractivity contribution in [3.05, 3.63) is 29.8 Å². The summed E-state index contributed by atoms with van der Waals surface area (Å²) in [7, 11) is -1.41. The Morgan fingerprint density at radius 1 is 1.24 bits per heavy atom. The van der Waals surface area contributed by atoms with Crippen molar-refractivity contribution in [2.24, 2.45) is 0 Å². The first-order valence-electron chi connectivity index (χ1n) is 7.22. The summed E-state index contributed by atoms with van der Waals surface area (Å²) in [6.45, 7) is 5.34. The van der Waals surface area contributed by atoms with E-state index in [1.807, 2.05) is 25.2 Å². The highest BCUT2D eigenvalue weighted by Crippen LogP contribution is 2.23. The predicted molar refractivity (Wildman–Crippen MR) is 88.6 cm³/mol. The van der Waals surface area contributed by atoms with Crippen LogP contribution in [0.5, 0.6) is 0 Å². The molecule has 1 N–H and O–H groups in total. The second-order valence-electron chi connectivity index (χ2n) is 5.69. The fourth-order valence-electron chi connectivity index (χ4n) is 2.57. The minimum absolute atomic E-state index is 0. The molecule has 1 fully saturated rings. The molecule has 1 aromatic carbocycles. The van der Waals surface area contributed by atoms with Crippen LogP contribution in [0.2, 0.25) is 0 Å². The predicted octanol–water partition coefficient (Wildman–Crippen LogP) is 2.60. The smallest absolute Gasteiger partial charge is 0.243 e. The zero-order chi connectivity index (χ0) is 14.8. The summed E-state index contributed by atoms with van der Waals surface area (Å²) in [5.41, 5.74) is 1.07. The van der Waals surface area contributed by atoms with Crippen molar-refractivity contribution in [2.75, 3.05) is 20.1 Å². The quantitative estimate of drug-likeness (QED) is 0.922. The molecule has 120 valence electrons. The Morgan fingerprint density at radius 3 is 2.38 bits per heavy atom. The number of halogens is 1.